The van der Waals surface area contributed by atoms with E-state index in [4.69, 9.17) is 16.3 Å². The van der Waals surface area contributed by atoms with Gasteiger partial charge in [-0.25, -0.2) is 0 Å². The van der Waals surface area contributed by atoms with Gasteiger partial charge in [0.25, 0.3) is 0 Å². The van der Waals surface area contributed by atoms with Crippen molar-refractivity contribution < 1.29 is 4.74 Å². The van der Waals surface area contributed by atoms with Crippen LogP contribution in [0.4, 0.5) is 0 Å². The normalized spacial score (nSPS) is 27.1. The van der Waals surface area contributed by atoms with Crippen molar-refractivity contribution in [2.45, 2.75) is 51.1 Å². The van der Waals surface area contributed by atoms with Gasteiger partial charge in [-0.15, -0.1) is 0 Å². The van der Waals surface area contributed by atoms with Gasteiger partial charge in [-0.05, 0) is 68.8 Å². The molecule has 2 atom stereocenters. The van der Waals surface area contributed by atoms with E-state index in [2.05, 4.69) is 26.8 Å². The highest BCUT2D eigenvalue weighted by Gasteiger charge is 2.32. The fourth-order valence-electron chi connectivity index (χ4n) is 5.27. The quantitative estimate of drug-likeness (QED) is 0.589. The highest BCUT2D eigenvalue weighted by Crippen LogP contribution is 2.26. The standard InChI is InChI=1S/C24H38ClN3O/c25-23-8-5-21(6-9-23)17-27-14-15-28-18-22(7-10-24(28)19-27)20-29-16-4-13-26-11-2-1-3-12-26/h5-6,8-9,22,24H,1-4,7,10-20H2/t22-,24-/m1/s1. The Morgan fingerprint density at radius 3 is 2.55 bits per heavy atom. The molecule has 1 aromatic rings. The van der Waals surface area contributed by atoms with E-state index in [1.807, 2.05) is 12.1 Å². The Morgan fingerprint density at radius 1 is 0.897 bits per heavy atom. The second-order valence-corrected chi connectivity index (χ2v) is 9.72. The molecule has 4 rings (SSSR count). The highest BCUT2D eigenvalue weighted by atomic mass is 35.5. The molecule has 0 aliphatic carbocycles. The molecule has 3 aliphatic heterocycles. The van der Waals surface area contributed by atoms with Crippen LogP contribution < -0.4 is 0 Å². The molecule has 5 heteroatoms. The van der Waals surface area contributed by atoms with Gasteiger partial charge in [0.1, 0.15) is 0 Å². The van der Waals surface area contributed by atoms with Gasteiger partial charge in [0.2, 0.25) is 0 Å². The molecule has 0 bridgehead atoms. The molecule has 3 fully saturated rings. The van der Waals surface area contributed by atoms with Gasteiger partial charge in [-0.3, -0.25) is 9.80 Å². The lowest BCUT2D eigenvalue weighted by Crippen LogP contribution is -2.56. The number of likely N-dealkylation sites (tertiary alicyclic amines) is 1. The summed E-state index contributed by atoms with van der Waals surface area (Å²) in [5, 5.41) is 0.825. The number of nitrogens with zero attached hydrogens (tertiary/aromatic N) is 3. The number of piperidine rings is 2. The van der Waals surface area contributed by atoms with Crippen LogP contribution in [0.15, 0.2) is 24.3 Å². The zero-order valence-electron chi connectivity index (χ0n) is 17.9. The first-order valence-corrected chi connectivity index (χ1v) is 12.1. The van der Waals surface area contributed by atoms with Crippen LogP contribution in [0.3, 0.4) is 0 Å². The molecule has 0 aromatic heterocycles. The number of benzene rings is 1. The summed E-state index contributed by atoms with van der Waals surface area (Å²) in [6.45, 7) is 11.6. The van der Waals surface area contributed by atoms with Crippen molar-refractivity contribution in [3.63, 3.8) is 0 Å². The van der Waals surface area contributed by atoms with Gasteiger partial charge in [0, 0.05) is 56.9 Å². The minimum Gasteiger partial charge on any atom is -0.381 e. The minimum absolute atomic E-state index is 0.726. The maximum atomic E-state index is 6.08. The van der Waals surface area contributed by atoms with E-state index in [-0.39, 0.29) is 0 Å². The lowest BCUT2D eigenvalue weighted by atomic mass is 9.91. The van der Waals surface area contributed by atoms with Crippen LogP contribution >= 0.6 is 11.6 Å². The van der Waals surface area contributed by atoms with Crippen molar-refractivity contribution in [1.82, 2.24) is 14.7 Å². The first kappa shape index (κ1) is 21.6. The number of piperazine rings is 1. The van der Waals surface area contributed by atoms with E-state index in [0.29, 0.717) is 0 Å². The zero-order valence-corrected chi connectivity index (χ0v) is 18.7. The van der Waals surface area contributed by atoms with E-state index < -0.39 is 0 Å². The molecule has 3 aliphatic rings. The smallest absolute Gasteiger partial charge is 0.0506 e. The van der Waals surface area contributed by atoms with Crippen molar-refractivity contribution in [2.24, 2.45) is 5.92 Å². The fraction of sp³-hybridized carbons (Fsp3) is 0.750. The third-order valence-corrected chi connectivity index (χ3v) is 7.23. The number of hydrogen-bond donors (Lipinski definition) is 0. The largest absolute Gasteiger partial charge is 0.381 e. The molecule has 3 heterocycles. The van der Waals surface area contributed by atoms with Crippen molar-refractivity contribution in [3.05, 3.63) is 34.9 Å². The van der Waals surface area contributed by atoms with Crippen LogP contribution in [-0.2, 0) is 11.3 Å². The SMILES string of the molecule is Clc1ccc(CN2CCN3C[C@H](COCCCN4CCCCC4)CC[C@@H]3C2)cc1. The average molecular weight is 420 g/mol. The summed E-state index contributed by atoms with van der Waals surface area (Å²) in [6, 6.07) is 9.06. The van der Waals surface area contributed by atoms with E-state index in [1.54, 1.807) is 0 Å². The highest BCUT2D eigenvalue weighted by molar-refractivity contribution is 6.30. The van der Waals surface area contributed by atoms with Gasteiger partial charge >= 0.3 is 0 Å². The zero-order chi connectivity index (χ0) is 19.9. The van der Waals surface area contributed by atoms with E-state index >= 15 is 0 Å². The van der Waals surface area contributed by atoms with Crippen LogP contribution in [0.1, 0.15) is 44.1 Å². The molecule has 1 aromatic carbocycles. The Bertz CT molecular complexity index is 605. The number of ether oxygens (including phenoxy) is 1. The summed E-state index contributed by atoms with van der Waals surface area (Å²) in [7, 11) is 0. The van der Waals surface area contributed by atoms with Gasteiger partial charge in [-0.1, -0.05) is 30.2 Å². The lowest BCUT2D eigenvalue weighted by molar-refractivity contribution is -0.00316. The molecule has 4 nitrogen and oxygen atoms in total. The number of halogens is 1. The third kappa shape index (κ3) is 6.67. The van der Waals surface area contributed by atoms with Crippen molar-refractivity contribution in [2.75, 3.05) is 59.0 Å². The van der Waals surface area contributed by atoms with Crippen LogP contribution in [0, 0.1) is 5.92 Å². The molecule has 0 amide bonds. The Balaban J connectivity index is 1.11. The first-order chi connectivity index (χ1) is 14.3. The molecule has 0 saturated carbocycles. The Morgan fingerprint density at radius 2 is 1.72 bits per heavy atom. The van der Waals surface area contributed by atoms with Gasteiger partial charge in [-0.2, -0.15) is 0 Å². The predicted molar refractivity (Wildman–Crippen MR) is 121 cm³/mol. The average Bonchev–Trinajstić information content (AvgIpc) is 2.76. The van der Waals surface area contributed by atoms with Crippen LogP contribution in [0.2, 0.25) is 5.02 Å². The second kappa shape index (κ2) is 11.1. The third-order valence-electron chi connectivity index (χ3n) is 6.97. The summed E-state index contributed by atoms with van der Waals surface area (Å²) < 4.78 is 6.08. The number of hydrogen-bond acceptors (Lipinski definition) is 4. The topological polar surface area (TPSA) is 19.0 Å². The summed E-state index contributed by atoms with van der Waals surface area (Å²) in [5.74, 6) is 0.726. The van der Waals surface area contributed by atoms with Crippen LogP contribution in [0.25, 0.3) is 0 Å². The molecule has 29 heavy (non-hydrogen) atoms. The summed E-state index contributed by atoms with van der Waals surface area (Å²) in [5.41, 5.74) is 1.37. The number of fused-ring (bicyclic) bond motifs is 1. The van der Waals surface area contributed by atoms with Crippen LogP contribution in [0.5, 0.6) is 0 Å². The van der Waals surface area contributed by atoms with E-state index in [0.717, 1.165) is 36.7 Å². The monoisotopic (exact) mass is 419 g/mol. The van der Waals surface area contributed by atoms with Crippen molar-refractivity contribution >= 4 is 11.6 Å². The van der Waals surface area contributed by atoms with E-state index in [1.165, 1.54) is 89.9 Å². The minimum atomic E-state index is 0.726. The first-order valence-electron chi connectivity index (χ1n) is 11.8. The summed E-state index contributed by atoms with van der Waals surface area (Å²) in [4.78, 5) is 7.95. The molecular formula is C24H38ClN3O. The predicted octanol–water partition coefficient (Wildman–Crippen LogP) is 4.13. The van der Waals surface area contributed by atoms with Gasteiger partial charge < -0.3 is 9.64 Å². The molecular weight excluding hydrogens is 382 g/mol. The molecule has 0 radical (unpaired) electrons. The fourth-order valence-corrected chi connectivity index (χ4v) is 5.40. The van der Waals surface area contributed by atoms with E-state index in [9.17, 15) is 0 Å². The number of rotatable bonds is 8. The van der Waals surface area contributed by atoms with Crippen molar-refractivity contribution in [3.8, 4) is 0 Å². The maximum Gasteiger partial charge on any atom is 0.0506 e. The molecule has 3 saturated heterocycles. The molecule has 0 spiro atoms. The second-order valence-electron chi connectivity index (χ2n) is 9.28. The lowest BCUT2D eigenvalue weighted by Gasteiger charge is -2.46. The molecule has 0 N–H and O–H groups in total. The van der Waals surface area contributed by atoms with Crippen molar-refractivity contribution in [1.29, 1.82) is 0 Å². The maximum absolute atomic E-state index is 6.08. The Kier molecular flexibility index (Phi) is 8.26. The Hall–Kier alpha value is -0.650. The van der Waals surface area contributed by atoms with Gasteiger partial charge in [0.15, 0.2) is 0 Å². The molecule has 0 unspecified atom stereocenters. The van der Waals surface area contributed by atoms with Gasteiger partial charge in [0.05, 0.1) is 6.61 Å². The van der Waals surface area contributed by atoms with Crippen LogP contribution in [-0.4, -0.2) is 79.8 Å². The summed E-state index contributed by atoms with van der Waals surface area (Å²) in [6.07, 6.45) is 8.03. The molecule has 162 valence electrons. The summed E-state index contributed by atoms with van der Waals surface area (Å²) >= 11 is 6.02. The Labute approximate surface area is 182 Å².